The van der Waals surface area contributed by atoms with Crippen molar-refractivity contribution in [2.75, 3.05) is 32.7 Å². The Balaban J connectivity index is 1.76. The molecular weight excluding hydrogens is 200 g/mol. The summed E-state index contributed by atoms with van der Waals surface area (Å²) in [4.78, 5) is 14.5. The van der Waals surface area contributed by atoms with Crippen LogP contribution in [0.3, 0.4) is 0 Å². The minimum Gasteiger partial charge on any atom is -0.317 e. The van der Waals surface area contributed by atoms with Gasteiger partial charge in [0.2, 0.25) is 0 Å². The van der Waals surface area contributed by atoms with E-state index in [1.807, 2.05) is 0 Å². The Hall–Kier alpha value is -0.410. The van der Waals surface area contributed by atoms with Crippen molar-refractivity contribution in [3.05, 3.63) is 0 Å². The van der Waals surface area contributed by atoms with E-state index in [9.17, 15) is 4.79 Å². The summed E-state index contributed by atoms with van der Waals surface area (Å²) in [5.74, 6) is 0.827. The maximum atomic E-state index is 12.1. The Bertz CT molecular complexity index is 216. The fourth-order valence-electron chi connectivity index (χ4n) is 2.79. The lowest BCUT2D eigenvalue weighted by Crippen LogP contribution is -2.38. The molecule has 0 spiro atoms. The summed E-state index contributed by atoms with van der Waals surface area (Å²) < 4.78 is 0. The second-order valence-electron chi connectivity index (χ2n) is 5.18. The average molecular weight is 224 g/mol. The van der Waals surface area contributed by atoms with Crippen molar-refractivity contribution >= 4 is 5.78 Å². The number of carbonyl (C=O) groups excluding carboxylic acids is 1. The van der Waals surface area contributed by atoms with Crippen molar-refractivity contribution in [1.29, 1.82) is 0 Å². The molecule has 0 aromatic heterocycles. The first-order chi connectivity index (χ1) is 7.86. The van der Waals surface area contributed by atoms with Crippen LogP contribution in [0.15, 0.2) is 0 Å². The molecule has 2 aliphatic heterocycles. The molecule has 0 aliphatic carbocycles. The summed E-state index contributed by atoms with van der Waals surface area (Å²) in [5, 5.41) is 3.32. The fourth-order valence-corrected chi connectivity index (χ4v) is 2.79. The number of carbonyl (C=O) groups is 1. The van der Waals surface area contributed by atoms with Gasteiger partial charge in [0, 0.05) is 5.92 Å². The number of nitrogens with zero attached hydrogens (tertiary/aromatic N) is 1. The molecular formula is C13H24N2O. The van der Waals surface area contributed by atoms with Crippen LogP contribution in [-0.2, 0) is 4.79 Å². The van der Waals surface area contributed by atoms with Gasteiger partial charge in [-0.15, -0.1) is 0 Å². The third-order valence-electron chi connectivity index (χ3n) is 3.87. The lowest BCUT2D eigenvalue weighted by molar-refractivity contribution is -0.124. The van der Waals surface area contributed by atoms with E-state index in [-0.39, 0.29) is 0 Å². The van der Waals surface area contributed by atoms with Crippen LogP contribution in [0.4, 0.5) is 0 Å². The van der Waals surface area contributed by atoms with Gasteiger partial charge in [-0.05, 0) is 51.9 Å². The Morgan fingerprint density at radius 3 is 2.31 bits per heavy atom. The van der Waals surface area contributed by atoms with Gasteiger partial charge in [-0.3, -0.25) is 9.69 Å². The zero-order valence-electron chi connectivity index (χ0n) is 10.2. The fraction of sp³-hybridized carbons (Fsp3) is 0.923. The summed E-state index contributed by atoms with van der Waals surface area (Å²) in [5.41, 5.74) is 0. The van der Waals surface area contributed by atoms with E-state index in [0.29, 0.717) is 18.2 Å². The van der Waals surface area contributed by atoms with Gasteiger partial charge in [0.25, 0.3) is 0 Å². The number of nitrogens with one attached hydrogen (secondary N) is 1. The Morgan fingerprint density at radius 2 is 1.69 bits per heavy atom. The summed E-state index contributed by atoms with van der Waals surface area (Å²) in [6.45, 7) is 5.03. The molecule has 0 aromatic rings. The zero-order chi connectivity index (χ0) is 11.2. The van der Waals surface area contributed by atoms with Crippen LogP contribution < -0.4 is 5.32 Å². The van der Waals surface area contributed by atoms with Gasteiger partial charge in [-0.2, -0.15) is 0 Å². The van der Waals surface area contributed by atoms with Gasteiger partial charge in [-0.1, -0.05) is 12.8 Å². The predicted octanol–water partition coefficient (Wildman–Crippen LogP) is 1.43. The molecule has 2 saturated heterocycles. The molecule has 3 heteroatoms. The van der Waals surface area contributed by atoms with Gasteiger partial charge in [0.05, 0.1) is 6.54 Å². The molecule has 0 bridgehead atoms. The normalized spacial score (nSPS) is 25.2. The number of piperidine rings is 1. The summed E-state index contributed by atoms with van der Waals surface area (Å²) in [6, 6.07) is 0. The third kappa shape index (κ3) is 3.56. The molecule has 2 aliphatic rings. The van der Waals surface area contributed by atoms with Crippen molar-refractivity contribution in [2.45, 2.75) is 38.5 Å². The molecule has 0 atom stereocenters. The van der Waals surface area contributed by atoms with Crippen molar-refractivity contribution in [3.63, 3.8) is 0 Å². The van der Waals surface area contributed by atoms with E-state index < -0.39 is 0 Å². The number of rotatable bonds is 3. The SMILES string of the molecule is O=C(CN1CCCCCC1)C1CCNCC1. The Morgan fingerprint density at radius 1 is 1.06 bits per heavy atom. The number of Topliss-reactive ketones (excluding diaryl/α,β-unsaturated/α-hetero) is 1. The number of ketones is 1. The van der Waals surface area contributed by atoms with E-state index >= 15 is 0 Å². The smallest absolute Gasteiger partial charge is 0.149 e. The van der Waals surface area contributed by atoms with E-state index in [1.54, 1.807) is 0 Å². The molecule has 2 heterocycles. The van der Waals surface area contributed by atoms with Crippen molar-refractivity contribution in [1.82, 2.24) is 10.2 Å². The van der Waals surface area contributed by atoms with Gasteiger partial charge in [0.1, 0.15) is 5.78 Å². The molecule has 2 rings (SSSR count). The third-order valence-corrected chi connectivity index (χ3v) is 3.87. The van der Waals surface area contributed by atoms with Crippen molar-refractivity contribution < 1.29 is 4.79 Å². The molecule has 0 amide bonds. The van der Waals surface area contributed by atoms with E-state index in [2.05, 4.69) is 10.2 Å². The predicted molar refractivity (Wildman–Crippen MR) is 65.5 cm³/mol. The molecule has 3 nitrogen and oxygen atoms in total. The first-order valence-electron chi connectivity index (χ1n) is 6.82. The van der Waals surface area contributed by atoms with E-state index in [0.717, 1.165) is 39.0 Å². The van der Waals surface area contributed by atoms with Crippen LogP contribution in [0.5, 0.6) is 0 Å². The minimum atomic E-state index is 0.338. The first-order valence-corrected chi connectivity index (χ1v) is 6.82. The lowest BCUT2D eigenvalue weighted by atomic mass is 9.93. The van der Waals surface area contributed by atoms with Gasteiger partial charge in [0.15, 0.2) is 0 Å². The molecule has 16 heavy (non-hydrogen) atoms. The van der Waals surface area contributed by atoms with Crippen LogP contribution >= 0.6 is 0 Å². The summed E-state index contributed by atoms with van der Waals surface area (Å²) in [7, 11) is 0. The Kier molecular flexibility index (Phi) is 4.79. The van der Waals surface area contributed by atoms with Crippen LogP contribution in [0.2, 0.25) is 0 Å². The van der Waals surface area contributed by atoms with Crippen LogP contribution in [0, 0.1) is 5.92 Å². The monoisotopic (exact) mass is 224 g/mol. The largest absolute Gasteiger partial charge is 0.317 e. The molecule has 0 saturated carbocycles. The molecule has 92 valence electrons. The molecule has 1 N–H and O–H groups in total. The zero-order valence-corrected chi connectivity index (χ0v) is 10.2. The highest BCUT2D eigenvalue weighted by molar-refractivity contribution is 5.83. The van der Waals surface area contributed by atoms with E-state index in [1.165, 1.54) is 25.7 Å². The number of likely N-dealkylation sites (tertiary alicyclic amines) is 1. The first kappa shape index (κ1) is 12.1. The van der Waals surface area contributed by atoms with Crippen LogP contribution in [0.25, 0.3) is 0 Å². The quantitative estimate of drug-likeness (QED) is 0.787. The lowest BCUT2D eigenvalue weighted by Gasteiger charge is -2.25. The molecule has 0 radical (unpaired) electrons. The number of hydrogen-bond donors (Lipinski definition) is 1. The maximum Gasteiger partial charge on any atom is 0.149 e. The summed E-state index contributed by atoms with van der Waals surface area (Å²) in [6.07, 6.45) is 7.34. The highest BCUT2D eigenvalue weighted by Crippen LogP contribution is 2.15. The van der Waals surface area contributed by atoms with Crippen LogP contribution in [0.1, 0.15) is 38.5 Å². The highest BCUT2D eigenvalue weighted by atomic mass is 16.1. The minimum absolute atomic E-state index is 0.338. The molecule has 0 unspecified atom stereocenters. The maximum absolute atomic E-state index is 12.1. The summed E-state index contributed by atoms with van der Waals surface area (Å²) >= 11 is 0. The van der Waals surface area contributed by atoms with Crippen molar-refractivity contribution in [3.8, 4) is 0 Å². The second kappa shape index (κ2) is 6.36. The van der Waals surface area contributed by atoms with Crippen LogP contribution in [-0.4, -0.2) is 43.4 Å². The molecule has 0 aromatic carbocycles. The topological polar surface area (TPSA) is 32.3 Å². The van der Waals surface area contributed by atoms with Gasteiger partial charge < -0.3 is 5.32 Å². The molecule has 2 fully saturated rings. The Labute approximate surface area is 98.6 Å². The number of hydrogen-bond acceptors (Lipinski definition) is 3. The second-order valence-corrected chi connectivity index (χ2v) is 5.18. The van der Waals surface area contributed by atoms with Crippen molar-refractivity contribution in [2.24, 2.45) is 5.92 Å². The van der Waals surface area contributed by atoms with Gasteiger partial charge >= 0.3 is 0 Å². The van der Waals surface area contributed by atoms with E-state index in [4.69, 9.17) is 0 Å². The standard InChI is InChI=1S/C13H24N2O/c16-13(12-5-7-14-8-6-12)11-15-9-3-1-2-4-10-15/h12,14H,1-11H2. The average Bonchev–Trinajstić information content (AvgIpc) is 2.59. The highest BCUT2D eigenvalue weighted by Gasteiger charge is 2.22. The van der Waals surface area contributed by atoms with Gasteiger partial charge in [-0.25, -0.2) is 0 Å².